The van der Waals surface area contributed by atoms with Gasteiger partial charge >= 0.3 is 5.97 Å². The third kappa shape index (κ3) is 5.41. The molecule has 1 unspecified atom stereocenters. The molecule has 0 spiro atoms. The van der Waals surface area contributed by atoms with Gasteiger partial charge in [-0.05, 0) is 58.2 Å². The van der Waals surface area contributed by atoms with E-state index in [0.29, 0.717) is 6.42 Å². The van der Waals surface area contributed by atoms with E-state index in [9.17, 15) is 9.90 Å². The molecule has 0 bridgehead atoms. The Kier molecular flexibility index (Phi) is 7.52. The average molecular weight is 284 g/mol. The third-order valence-electron chi connectivity index (χ3n) is 4.57. The molecule has 0 aromatic heterocycles. The number of piperidine rings is 1. The van der Waals surface area contributed by atoms with Crippen molar-refractivity contribution in [3.8, 4) is 0 Å². The van der Waals surface area contributed by atoms with Crippen LogP contribution in [0.3, 0.4) is 0 Å². The first-order valence-electron chi connectivity index (χ1n) is 8.22. The maximum Gasteiger partial charge on any atom is 0.323 e. The van der Waals surface area contributed by atoms with Gasteiger partial charge in [0.05, 0.1) is 0 Å². The van der Waals surface area contributed by atoms with Crippen LogP contribution < -0.4 is 5.32 Å². The summed E-state index contributed by atoms with van der Waals surface area (Å²) in [5.41, 5.74) is -0.781. The minimum atomic E-state index is -0.781. The topological polar surface area (TPSA) is 52.6 Å². The number of nitrogens with one attached hydrogen (secondary N) is 1. The normalized spacial score (nSPS) is 20.8. The van der Waals surface area contributed by atoms with Crippen molar-refractivity contribution in [3.63, 3.8) is 0 Å². The molecule has 0 amide bonds. The van der Waals surface area contributed by atoms with Crippen LogP contribution in [-0.4, -0.2) is 47.7 Å². The summed E-state index contributed by atoms with van der Waals surface area (Å²) < 4.78 is 0. The first-order chi connectivity index (χ1) is 9.51. The Morgan fingerprint density at radius 2 is 1.95 bits per heavy atom. The average Bonchev–Trinajstić information content (AvgIpc) is 2.44. The molecule has 1 heterocycles. The highest BCUT2D eigenvalue weighted by atomic mass is 16.4. The molecule has 0 radical (unpaired) electrons. The Bertz CT molecular complexity index is 288. The summed E-state index contributed by atoms with van der Waals surface area (Å²) in [5, 5.41) is 12.6. The zero-order chi connectivity index (χ0) is 15.0. The van der Waals surface area contributed by atoms with E-state index in [4.69, 9.17) is 0 Å². The van der Waals surface area contributed by atoms with Crippen molar-refractivity contribution >= 4 is 5.97 Å². The molecule has 1 aliphatic heterocycles. The van der Waals surface area contributed by atoms with E-state index >= 15 is 0 Å². The van der Waals surface area contributed by atoms with Crippen LogP contribution >= 0.6 is 0 Å². The summed E-state index contributed by atoms with van der Waals surface area (Å²) >= 11 is 0. The molecule has 20 heavy (non-hydrogen) atoms. The maximum absolute atomic E-state index is 11.5. The molecule has 0 aromatic rings. The summed E-state index contributed by atoms with van der Waals surface area (Å²) in [7, 11) is 0. The number of hydrogen-bond donors (Lipinski definition) is 2. The fourth-order valence-corrected chi connectivity index (χ4v) is 2.96. The molecule has 1 atom stereocenters. The minimum absolute atomic E-state index is 0.681. The van der Waals surface area contributed by atoms with Gasteiger partial charge in [0.1, 0.15) is 5.54 Å². The summed E-state index contributed by atoms with van der Waals surface area (Å²) in [6.45, 7) is 10.1. The molecule has 4 nitrogen and oxygen atoms in total. The lowest BCUT2D eigenvalue weighted by Gasteiger charge is -2.34. The van der Waals surface area contributed by atoms with Crippen LogP contribution in [0.5, 0.6) is 0 Å². The second kappa shape index (κ2) is 8.63. The number of carboxylic acid groups (broad SMARTS) is 1. The quantitative estimate of drug-likeness (QED) is 0.683. The number of aliphatic carboxylic acids is 1. The number of likely N-dealkylation sites (tertiary alicyclic amines) is 1. The van der Waals surface area contributed by atoms with E-state index in [2.05, 4.69) is 24.1 Å². The number of nitrogens with zero attached hydrogens (tertiary/aromatic N) is 1. The lowest BCUT2D eigenvalue weighted by Crippen LogP contribution is -2.52. The van der Waals surface area contributed by atoms with Gasteiger partial charge in [-0.25, -0.2) is 0 Å². The fourth-order valence-electron chi connectivity index (χ4n) is 2.96. The molecule has 1 fully saturated rings. The number of rotatable bonds is 9. The molecule has 1 rings (SSSR count). The van der Waals surface area contributed by atoms with Crippen LogP contribution in [0, 0.1) is 5.92 Å². The summed E-state index contributed by atoms with van der Waals surface area (Å²) in [5.74, 6) is 0.159. The Labute approximate surface area is 123 Å². The molecule has 0 aromatic carbocycles. The first-order valence-corrected chi connectivity index (χ1v) is 8.22. The van der Waals surface area contributed by atoms with Gasteiger partial charge in [-0.3, -0.25) is 4.79 Å². The van der Waals surface area contributed by atoms with E-state index in [1.165, 1.54) is 25.7 Å². The highest BCUT2D eigenvalue weighted by Gasteiger charge is 2.32. The van der Waals surface area contributed by atoms with Crippen molar-refractivity contribution in [1.82, 2.24) is 10.2 Å². The van der Waals surface area contributed by atoms with E-state index < -0.39 is 11.5 Å². The molecule has 0 aliphatic carbocycles. The summed E-state index contributed by atoms with van der Waals surface area (Å²) in [6.07, 6.45) is 6.83. The second-order valence-electron chi connectivity index (χ2n) is 6.39. The van der Waals surface area contributed by atoms with Crippen molar-refractivity contribution < 1.29 is 9.90 Å². The lowest BCUT2D eigenvalue weighted by atomic mass is 9.91. The smallest absolute Gasteiger partial charge is 0.323 e. The molecular formula is C16H32N2O2. The van der Waals surface area contributed by atoms with E-state index in [0.717, 1.165) is 38.5 Å². The Hall–Kier alpha value is -0.610. The Morgan fingerprint density at radius 3 is 2.45 bits per heavy atom. The van der Waals surface area contributed by atoms with Crippen LogP contribution in [-0.2, 0) is 4.79 Å². The van der Waals surface area contributed by atoms with Gasteiger partial charge in [0.2, 0.25) is 0 Å². The van der Waals surface area contributed by atoms with Crippen molar-refractivity contribution in [2.24, 2.45) is 5.92 Å². The van der Waals surface area contributed by atoms with Gasteiger partial charge in [-0.15, -0.1) is 0 Å². The second-order valence-corrected chi connectivity index (χ2v) is 6.39. The zero-order valence-corrected chi connectivity index (χ0v) is 13.5. The number of hydrogen-bond acceptors (Lipinski definition) is 3. The zero-order valence-electron chi connectivity index (χ0n) is 13.5. The van der Waals surface area contributed by atoms with E-state index in [1.54, 1.807) is 0 Å². The molecule has 0 saturated carbocycles. The van der Waals surface area contributed by atoms with Crippen molar-refractivity contribution in [2.75, 3.05) is 26.2 Å². The molecular weight excluding hydrogens is 252 g/mol. The fraction of sp³-hybridized carbons (Fsp3) is 0.938. The van der Waals surface area contributed by atoms with Gasteiger partial charge in [0, 0.05) is 6.54 Å². The van der Waals surface area contributed by atoms with E-state index in [1.807, 2.05) is 6.92 Å². The highest BCUT2D eigenvalue weighted by Crippen LogP contribution is 2.22. The lowest BCUT2D eigenvalue weighted by molar-refractivity contribution is -0.144. The van der Waals surface area contributed by atoms with Crippen molar-refractivity contribution in [2.45, 2.75) is 64.8 Å². The summed E-state index contributed by atoms with van der Waals surface area (Å²) in [4.78, 5) is 13.9. The Balaban J connectivity index is 2.35. The van der Waals surface area contributed by atoms with Crippen LogP contribution in [0.25, 0.3) is 0 Å². The van der Waals surface area contributed by atoms with Crippen LogP contribution in [0.4, 0.5) is 0 Å². The van der Waals surface area contributed by atoms with Crippen molar-refractivity contribution in [1.29, 1.82) is 0 Å². The summed E-state index contributed by atoms with van der Waals surface area (Å²) in [6, 6.07) is 0. The molecule has 1 aliphatic rings. The van der Waals surface area contributed by atoms with Crippen LogP contribution in [0.2, 0.25) is 0 Å². The van der Waals surface area contributed by atoms with Crippen LogP contribution in [0.1, 0.15) is 59.3 Å². The van der Waals surface area contributed by atoms with E-state index in [-0.39, 0.29) is 0 Å². The molecule has 2 N–H and O–H groups in total. The van der Waals surface area contributed by atoms with Gasteiger partial charge in [-0.1, -0.05) is 26.7 Å². The monoisotopic (exact) mass is 284 g/mol. The molecule has 1 saturated heterocycles. The number of carboxylic acids is 1. The Morgan fingerprint density at radius 1 is 1.30 bits per heavy atom. The van der Waals surface area contributed by atoms with Crippen molar-refractivity contribution in [3.05, 3.63) is 0 Å². The predicted octanol–water partition coefficient (Wildman–Crippen LogP) is 2.73. The van der Waals surface area contributed by atoms with Gasteiger partial charge in [0.25, 0.3) is 0 Å². The minimum Gasteiger partial charge on any atom is -0.480 e. The highest BCUT2D eigenvalue weighted by molar-refractivity contribution is 5.78. The van der Waals surface area contributed by atoms with Gasteiger partial charge in [0.15, 0.2) is 0 Å². The number of carbonyl (C=O) groups is 1. The van der Waals surface area contributed by atoms with Crippen LogP contribution in [0.15, 0.2) is 0 Å². The van der Waals surface area contributed by atoms with Gasteiger partial charge < -0.3 is 15.3 Å². The maximum atomic E-state index is 11.5. The standard InChI is InChI=1S/C16H32N2O2/c1-4-6-14-7-11-18(12-8-14)13-9-16(3,15(19)20)17-10-5-2/h14,17H,4-13H2,1-3H3,(H,19,20). The molecule has 118 valence electrons. The predicted molar refractivity (Wildman–Crippen MR) is 83.0 cm³/mol. The first kappa shape index (κ1) is 17.4. The largest absolute Gasteiger partial charge is 0.480 e. The van der Waals surface area contributed by atoms with Gasteiger partial charge in [-0.2, -0.15) is 0 Å². The molecule has 4 heteroatoms. The SMILES string of the molecule is CCCNC(C)(CCN1CCC(CCC)CC1)C(=O)O. The third-order valence-corrected chi connectivity index (χ3v) is 4.57.